The second kappa shape index (κ2) is 11.1. The van der Waals surface area contributed by atoms with Crippen molar-refractivity contribution in [3.8, 4) is 11.8 Å². The molecule has 9 nitrogen and oxygen atoms in total. The van der Waals surface area contributed by atoms with E-state index in [1.807, 2.05) is 6.07 Å². The van der Waals surface area contributed by atoms with Gasteiger partial charge in [0.25, 0.3) is 0 Å². The van der Waals surface area contributed by atoms with Gasteiger partial charge in [-0.05, 0) is 38.5 Å². The van der Waals surface area contributed by atoms with E-state index in [0.717, 1.165) is 0 Å². The SMILES string of the molecule is COC(=O)C(Cc1ccc(OP(O)(=S)OCCC#N)cc1)NC(=O)OC(C)(C)C. The minimum absolute atomic E-state index is 0.0283. The van der Waals surface area contributed by atoms with Gasteiger partial charge >= 0.3 is 18.8 Å². The maximum atomic E-state index is 12.0. The van der Waals surface area contributed by atoms with Crippen molar-refractivity contribution in [1.82, 2.24) is 5.32 Å². The summed E-state index contributed by atoms with van der Waals surface area (Å²) in [5, 5.41) is 11.0. The van der Waals surface area contributed by atoms with Gasteiger partial charge in [-0.3, -0.25) is 4.52 Å². The highest BCUT2D eigenvalue weighted by atomic mass is 32.5. The first-order valence-corrected chi connectivity index (χ1v) is 11.2. The smallest absolute Gasteiger partial charge is 0.408 e. The summed E-state index contributed by atoms with van der Waals surface area (Å²) in [4.78, 5) is 33.9. The number of nitrogens with one attached hydrogen (secondary N) is 1. The molecule has 0 spiro atoms. The van der Waals surface area contributed by atoms with Crippen LogP contribution in [-0.4, -0.2) is 42.3 Å². The molecule has 0 saturated heterocycles. The highest BCUT2D eigenvalue weighted by Gasteiger charge is 2.25. The third-order valence-corrected chi connectivity index (χ3v) is 4.72. The summed E-state index contributed by atoms with van der Waals surface area (Å²) in [5.74, 6) is -0.348. The van der Waals surface area contributed by atoms with Gasteiger partial charge in [0.1, 0.15) is 17.4 Å². The van der Waals surface area contributed by atoms with E-state index in [1.54, 1.807) is 45.0 Å². The molecule has 0 aliphatic heterocycles. The standard InChI is InChI=1S/C18H25N2O7PS/c1-18(2,3)26-17(22)20-15(16(21)24-4)12-13-6-8-14(9-7-13)27-28(23,29)25-11-5-10-19/h6-9,15H,5,11-12H2,1-4H3,(H,20,22)(H,23,29). The third-order valence-electron chi connectivity index (χ3n) is 3.23. The fraction of sp³-hybridized carbons (Fsp3) is 0.500. The van der Waals surface area contributed by atoms with Crippen LogP contribution in [0.3, 0.4) is 0 Å². The molecule has 1 aromatic rings. The average molecular weight is 444 g/mol. The monoisotopic (exact) mass is 444 g/mol. The summed E-state index contributed by atoms with van der Waals surface area (Å²) in [7, 11) is 1.23. The van der Waals surface area contributed by atoms with Gasteiger partial charge in [0.2, 0.25) is 0 Å². The number of carbonyl (C=O) groups is 2. The number of nitrogens with zero attached hydrogens (tertiary/aromatic N) is 1. The lowest BCUT2D eigenvalue weighted by Gasteiger charge is -2.22. The Kier molecular flexibility index (Phi) is 9.53. The highest BCUT2D eigenvalue weighted by molar-refractivity contribution is 8.07. The van der Waals surface area contributed by atoms with E-state index in [2.05, 4.69) is 5.32 Å². The van der Waals surface area contributed by atoms with Crippen LogP contribution in [0.2, 0.25) is 0 Å². The van der Waals surface area contributed by atoms with E-state index in [9.17, 15) is 14.5 Å². The first kappa shape index (κ1) is 24.9. The minimum Gasteiger partial charge on any atom is -0.467 e. The number of rotatable bonds is 9. The number of esters is 1. The van der Waals surface area contributed by atoms with Gasteiger partial charge < -0.3 is 24.2 Å². The molecular weight excluding hydrogens is 419 g/mol. The zero-order chi connectivity index (χ0) is 22.1. The minimum atomic E-state index is -3.51. The highest BCUT2D eigenvalue weighted by Crippen LogP contribution is 2.44. The fourth-order valence-corrected chi connectivity index (χ4v) is 3.32. The molecule has 29 heavy (non-hydrogen) atoms. The van der Waals surface area contributed by atoms with Gasteiger partial charge in [0.15, 0.2) is 0 Å². The van der Waals surface area contributed by atoms with Crippen LogP contribution in [0, 0.1) is 11.3 Å². The lowest BCUT2D eigenvalue weighted by Crippen LogP contribution is -2.45. The lowest BCUT2D eigenvalue weighted by atomic mass is 10.1. The molecular formula is C18H25N2O7PS. The summed E-state index contributed by atoms with van der Waals surface area (Å²) < 4.78 is 20.2. The Balaban J connectivity index is 2.76. The van der Waals surface area contributed by atoms with E-state index in [-0.39, 0.29) is 25.2 Å². The molecule has 0 aliphatic rings. The third kappa shape index (κ3) is 10.2. The topological polar surface area (TPSA) is 127 Å². The van der Waals surface area contributed by atoms with Crippen LogP contribution in [-0.2, 0) is 37.0 Å². The summed E-state index contributed by atoms with van der Waals surface area (Å²) in [6, 6.07) is 7.31. The fourth-order valence-electron chi connectivity index (χ4n) is 2.07. The van der Waals surface area contributed by atoms with Crippen molar-refractivity contribution in [3.63, 3.8) is 0 Å². The molecule has 0 heterocycles. The summed E-state index contributed by atoms with van der Waals surface area (Å²) in [6.07, 6.45) is -0.498. The van der Waals surface area contributed by atoms with Gasteiger partial charge in [-0.25, -0.2) is 9.59 Å². The Morgan fingerprint density at radius 2 is 1.93 bits per heavy atom. The van der Waals surface area contributed by atoms with Gasteiger partial charge in [0.05, 0.1) is 26.2 Å². The molecule has 1 amide bonds. The molecule has 0 aliphatic carbocycles. The van der Waals surface area contributed by atoms with Crippen LogP contribution in [0.1, 0.15) is 32.8 Å². The molecule has 2 unspecified atom stereocenters. The Morgan fingerprint density at radius 1 is 1.31 bits per heavy atom. The Hall–Kier alpha value is -2.18. The number of ether oxygens (including phenoxy) is 2. The largest absolute Gasteiger partial charge is 0.467 e. The van der Waals surface area contributed by atoms with Crippen LogP contribution < -0.4 is 9.84 Å². The Morgan fingerprint density at radius 3 is 2.45 bits per heavy atom. The van der Waals surface area contributed by atoms with Crippen LogP contribution in [0.15, 0.2) is 24.3 Å². The molecule has 1 rings (SSSR count). The van der Waals surface area contributed by atoms with E-state index < -0.39 is 30.4 Å². The van der Waals surface area contributed by atoms with Gasteiger partial charge in [-0.15, -0.1) is 0 Å². The Labute approximate surface area is 175 Å². The first-order valence-electron chi connectivity index (χ1n) is 8.66. The zero-order valence-electron chi connectivity index (χ0n) is 16.7. The van der Waals surface area contributed by atoms with E-state index in [1.165, 1.54) is 7.11 Å². The average Bonchev–Trinajstić information content (AvgIpc) is 2.60. The maximum absolute atomic E-state index is 12.0. The molecule has 2 atom stereocenters. The zero-order valence-corrected chi connectivity index (χ0v) is 18.4. The summed E-state index contributed by atoms with van der Waals surface area (Å²) in [6.45, 7) is 1.60. The summed E-state index contributed by atoms with van der Waals surface area (Å²) >= 11 is 4.87. The molecule has 0 bridgehead atoms. The van der Waals surface area contributed by atoms with Crippen molar-refractivity contribution in [2.24, 2.45) is 0 Å². The predicted octanol–water partition coefficient (Wildman–Crippen LogP) is 2.82. The van der Waals surface area contributed by atoms with Gasteiger partial charge in [-0.2, -0.15) is 5.26 Å². The van der Waals surface area contributed by atoms with Crippen molar-refractivity contribution in [3.05, 3.63) is 29.8 Å². The van der Waals surface area contributed by atoms with Crippen LogP contribution in [0.5, 0.6) is 5.75 Å². The number of carbonyl (C=O) groups excluding carboxylic acids is 2. The number of benzene rings is 1. The maximum Gasteiger partial charge on any atom is 0.408 e. The Bertz CT molecular complexity index is 787. The van der Waals surface area contributed by atoms with E-state index in [4.69, 9.17) is 35.6 Å². The normalized spacial score (nSPS) is 14.1. The number of hydrogen-bond acceptors (Lipinski definition) is 8. The van der Waals surface area contributed by atoms with Gasteiger partial charge in [0, 0.05) is 18.2 Å². The van der Waals surface area contributed by atoms with Crippen molar-refractivity contribution in [2.45, 2.75) is 45.3 Å². The molecule has 0 fully saturated rings. The lowest BCUT2D eigenvalue weighted by molar-refractivity contribution is -0.143. The molecule has 0 aromatic heterocycles. The first-order chi connectivity index (χ1) is 13.5. The molecule has 1 aromatic carbocycles. The van der Waals surface area contributed by atoms with Crippen molar-refractivity contribution in [2.75, 3.05) is 13.7 Å². The molecule has 0 radical (unpaired) electrons. The van der Waals surface area contributed by atoms with Crippen molar-refractivity contribution in [1.29, 1.82) is 5.26 Å². The van der Waals surface area contributed by atoms with Crippen molar-refractivity contribution < 1.29 is 33.0 Å². The second-order valence-electron chi connectivity index (χ2n) is 6.87. The van der Waals surface area contributed by atoms with Gasteiger partial charge in [-0.1, -0.05) is 12.1 Å². The molecule has 11 heteroatoms. The number of hydrogen-bond donors (Lipinski definition) is 2. The predicted molar refractivity (Wildman–Crippen MR) is 109 cm³/mol. The molecule has 160 valence electrons. The van der Waals surface area contributed by atoms with Crippen LogP contribution >= 0.6 is 6.72 Å². The summed E-state index contributed by atoms with van der Waals surface area (Å²) in [5.41, 5.74) is -0.0103. The van der Waals surface area contributed by atoms with Crippen LogP contribution in [0.4, 0.5) is 4.79 Å². The van der Waals surface area contributed by atoms with Crippen molar-refractivity contribution >= 4 is 30.6 Å². The number of amides is 1. The van der Waals surface area contributed by atoms with Crippen LogP contribution in [0.25, 0.3) is 0 Å². The number of nitriles is 1. The quantitative estimate of drug-likeness (QED) is 0.336. The number of methoxy groups -OCH3 is 1. The van der Waals surface area contributed by atoms with E-state index >= 15 is 0 Å². The number of alkyl carbamates (subject to hydrolysis) is 1. The second-order valence-corrected chi connectivity index (χ2v) is 9.63. The molecule has 0 saturated carbocycles. The van der Waals surface area contributed by atoms with E-state index in [0.29, 0.717) is 5.56 Å². The molecule has 2 N–H and O–H groups in total.